The second-order valence-corrected chi connectivity index (χ2v) is 7.85. The van der Waals surface area contributed by atoms with Crippen LogP contribution in [0.1, 0.15) is 21.7 Å². The molecular formula is C22H19Cl2N3O6. The van der Waals surface area contributed by atoms with E-state index >= 15 is 0 Å². The predicted octanol–water partition coefficient (Wildman–Crippen LogP) is 5.11. The summed E-state index contributed by atoms with van der Waals surface area (Å²) >= 11 is 12.0. The average Bonchev–Trinajstić information content (AvgIpc) is 3.05. The monoisotopic (exact) mass is 491 g/mol. The number of nitrogens with zero attached hydrogens (tertiary/aromatic N) is 2. The van der Waals surface area contributed by atoms with Crippen molar-refractivity contribution in [3.05, 3.63) is 79.6 Å². The van der Waals surface area contributed by atoms with E-state index in [0.29, 0.717) is 22.2 Å². The molecule has 172 valence electrons. The zero-order valence-electron chi connectivity index (χ0n) is 17.8. The van der Waals surface area contributed by atoms with E-state index in [1.165, 1.54) is 25.3 Å². The van der Waals surface area contributed by atoms with Gasteiger partial charge >= 0.3 is 5.97 Å². The van der Waals surface area contributed by atoms with Crippen LogP contribution in [0.25, 0.3) is 5.69 Å². The minimum Gasteiger partial charge on any atom is -0.495 e. The Labute approximate surface area is 199 Å². The van der Waals surface area contributed by atoms with Crippen molar-refractivity contribution in [2.45, 2.75) is 13.8 Å². The number of benzene rings is 2. The minimum absolute atomic E-state index is 0.0974. The Hall–Kier alpha value is -3.56. The molecule has 11 heteroatoms. The first-order chi connectivity index (χ1) is 15.6. The van der Waals surface area contributed by atoms with Crippen molar-refractivity contribution in [3.8, 4) is 11.4 Å². The van der Waals surface area contributed by atoms with Crippen molar-refractivity contribution in [3.63, 3.8) is 0 Å². The fourth-order valence-corrected chi connectivity index (χ4v) is 3.68. The second-order valence-electron chi connectivity index (χ2n) is 6.98. The molecule has 33 heavy (non-hydrogen) atoms. The Bertz CT molecular complexity index is 1260. The Morgan fingerprint density at radius 2 is 1.76 bits per heavy atom. The number of ether oxygens (including phenoxy) is 2. The van der Waals surface area contributed by atoms with Crippen LogP contribution in [0.3, 0.4) is 0 Å². The van der Waals surface area contributed by atoms with Crippen LogP contribution >= 0.6 is 23.2 Å². The molecule has 0 aliphatic carbocycles. The zero-order chi connectivity index (χ0) is 24.3. The highest BCUT2D eigenvalue weighted by Crippen LogP contribution is 2.31. The number of aromatic nitrogens is 1. The summed E-state index contributed by atoms with van der Waals surface area (Å²) in [6, 6.07) is 10.5. The number of nitro groups is 1. The molecule has 0 fully saturated rings. The highest BCUT2D eigenvalue weighted by Gasteiger charge is 2.22. The van der Waals surface area contributed by atoms with Crippen LogP contribution in [-0.2, 0) is 9.53 Å². The predicted molar refractivity (Wildman–Crippen MR) is 124 cm³/mol. The van der Waals surface area contributed by atoms with E-state index in [-0.39, 0.29) is 22.0 Å². The van der Waals surface area contributed by atoms with Gasteiger partial charge in [-0.15, -0.1) is 0 Å². The van der Waals surface area contributed by atoms with E-state index < -0.39 is 23.4 Å². The normalized spacial score (nSPS) is 10.6. The molecule has 2 aromatic carbocycles. The van der Waals surface area contributed by atoms with Crippen molar-refractivity contribution in [2.24, 2.45) is 0 Å². The van der Waals surface area contributed by atoms with Gasteiger partial charge in [0.25, 0.3) is 11.6 Å². The Morgan fingerprint density at radius 1 is 1.09 bits per heavy atom. The van der Waals surface area contributed by atoms with Gasteiger partial charge in [-0.3, -0.25) is 14.9 Å². The Balaban J connectivity index is 1.77. The van der Waals surface area contributed by atoms with Crippen molar-refractivity contribution in [1.82, 2.24) is 4.57 Å². The summed E-state index contributed by atoms with van der Waals surface area (Å²) in [6.45, 7) is 2.88. The van der Waals surface area contributed by atoms with Gasteiger partial charge in [0.2, 0.25) is 0 Å². The lowest BCUT2D eigenvalue weighted by molar-refractivity contribution is -0.383. The number of nitro benzene ring substituents is 1. The lowest BCUT2D eigenvalue weighted by Crippen LogP contribution is -2.21. The summed E-state index contributed by atoms with van der Waals surface area (Å²) in [5, 5.41) is 14.2. The first-order valence-electron chi connectivity index (χ1n) is 9.56. The number of esters is 1. The summed E-state index contributed by atoms with van der Waals surface area (Å²) < 4.78 is 12.3. The standard InChI is InChI=1S/C22H19Cl2N3O6/c1-12-8-16(13(2)26(12)19-10-15(24)5-7-20(19)32-3)22(29)33-11-21(28)25-17-9-14(23)4-6-18(17)27(30)31/h4-10H,11H2,1-3H3,(H,25,28). The molecule has 0 aliphatic heterocycles. The number of carbonyl (C=O) groups is 2. The highest BCUT2D eigenvalue weighted by atomic mass is 35.5. The molecule has 0 atom stereocenters. The molecule has 1 heterocycles. The minimum atomic E-state index is -0.751. The third-order valence-electron chi connectivity index (χ3n) is 4.80. The molecule has 0 saturated carbocycles. The highest BCUT2D eigenvalue weighted by molar-refractivity contribution is 6.31. The average molecular weight is 492 g/mol. The van der Waals surface area contributed by atoms with Crippen molar-refractivity contribution < 1.29 is 24.0 Å². The lowest BCUT2D eigenvalue weighted by atomic mass is 10.2. The van der Waals surface area contributed by atoms with Gasteiger partial charge in [-0.05, 0) is 50.2 Å². The number of carbonyl (C=O) groups excluding carboxylic acids is 2. The number of methoxy groups -OCH3 is 1. The van der Waals surface area contributed by atoms with E-state index in [1.807, 2.05) is 0 Å². The smallest absolute Gasteiger partial charge is 0.340 e. The molecule has 0 spiro atoms. The van der Waals surface area contributed by atoms with Crippen LogP contribution in [0.2, 0.25) is 10.0 Å². The van der Waals surface area contributed by atoms with Gasteiger partial charge in [0.15, 0.2) is 6.61 Å². The molecule has 0 radical (unpaired) electrons. The molecule has 3 aromatic rings. The number of halogens is 2. The summed E-state index contributed by atoms with van der Waals surface area (Å²) in [5.74, 6) is -0.922. The third kappa shape index (κ3) is 5.27. The van der Waals surface area contributed by atoms with Crippen LogP contribution in [0.4, 0.5) is 11.4 Å². The third-order valence-corrected chi connectivity index (χ3v) is 5.27. The number of amides is 1. The van der Waals surface area contributed by atoms with Gasteiger partial charge in [0.05, 0.1) is 23.3 Å². The first kappa shape index (κ1) is 24.1. The Kier molecular flexibility index (Phi) is 7.25. The first-order valence-corrected chi connectivity index (χ1v) is 10.3. The van der Waals surface area contributed by atoms with Gasteiger partial charge in [0.1, 0.15) is 11.4 Å². The van der Waals surface area contributed by atoms with E-state index in [4.69, 9.17) is 32.7 Å². The second kappa shape index (κ2) is 9.93. The molecular weight excluding hydrogens is 473 g/mol. The molecule has 1 aromatic heterocycles. The summed E-state index contributed by atoms with van der Waals surface area (Å²) in [6.07, 6.45) is 0. The van der Waals surface area contributed by atoms with E-state index in [9.17, 15) is 19.7 Å². The number of hydrogen-bond acceptors (Lipinski definition) is 6. The largest absolute Gasteiger partial charge is 0.495 e. The van der Waals surface area contributed by atoms with Gasteiger partial charge in [-0.25, -0.2) is 4.79 Å². The van der Waals surface area contributed by atoms with Crippen molar-refractivity contribution in [2.75, 3.05) is 19.0 Å². The van der Waals surface area contributed by atoms with E-state index in [0.717, 1.165) is 5.69 Å². The molecule has 0 bridgehead atoms. The van der Waals surface area contributed by atoms with Gasteiger partial charge in [0, 0.05) is 27.5 Å². The van der Waals surface area contributed by atoms with Crippen LogP contribution in [0.5, 0.6) is 5.75 Å². The van der Waals surface area contributed by atoms with Crippen LogP contribution in [0, 0.1) is 24.0 Å². The SMILES string of the molecule is COc1ccc(Cl)cc1-n1c(C)cc(C(=O)OCC(=O)Nc2cc(Cl)ccc2[N+](=O)[O-])c1C. The van der Waals surface area contributed by atoms with Crippen molar-refractivity contribution in [1.29, 1.82) is 0 Å². The quantitative estimate of drug-likeness (QED) is 0.279. The number of nitrogens with one attached hydrogen (secondary N) is 1. The number of rotatable bonds is 7. The molecule has 0 aliphatic rings. The van der Waals surface area contributed by atoms with Gasteiger partial charge in [-0.2, -0.15) is 0 Å². The van der Waals surface area contributed by atoms with Gasteiger partial charge in [-0.1, -0.05) is 23.2 Å². The summed E-state index contributed by atoms with van der Waals surface area (Å²) in [7, 11) is 1.53. The maximum Gasteiger partial charge on any atom is 0.340 e. The number of anilines is 1. The fraction of sp³-hybridized carbons (Fsp3) is 0.182. The summed E-state index contributed by atoms with van der Waals surface area (Å²) in [4.78, 5) is 35.4. The van der Waals surface area contributed by atoms with E-state index in [1.54, 1.807) is 42.7 Å². The van der Waals surface area contributed by atoms with E-state index in [2.05, 4.69) is 5.32 Å². The zero-order valence-corrected chi connectivity index (χ0v) is 19.4. The molecule has 0 saturated heterocycles. The summed E-state index contributed by atoms with van der Waals surface area (Å²) in [5.41, 5.74) is 1.74. The Morgan fingerprint density at radius 3 is 2.42 bits per heavy atom. The molecule has 1 amide bonds. The fourth-order valence-electron chi connectivity index (χ4n) is 3.34. The number of hydrogen-bond donors (Lipinski definition) is 1. The topological polar surface area (TPSA) is 113 Å². The molecule has 9 nitrogen and oxygen atoms in total. The van der Waals surface area contributed by atoms with Crippen LogP contribution in [0.15, 0.2) is 42.5 Å². The number of aryl methyl sites for hydroxylation is 1. The maximum atomic E-state index is 12.7. The van der Waals surface area contributed by atoms with Crippen molar-refractivity contribution >= 4 is 46.5 Å². The maximum absolute atomic E-state index is 12.7. The molecule has 1 N–H and O–H groups in total. The van der Waals surface area contributed by atoms with Crippen LogP contribution in [-0.4, -0.2) is 35.1 Å². The van der Waals surface area contributed by atoms with Gasteiger partial charge < -0.3 is 19.4 Å². The lowest BCUT2D eigenvalue weighted by Gasteiger charge is -2.14. The molecule has 0 unspecified atom stereocenters. The molecule has 3 rings (SSSR count). The van der Waals surface area contributed by atoms with Crippen LogP contribution < -0.4 is 10.1 Å².